The van der Waals surface area contributed by atoms with Crippen molar-refractivity contribution in [2.75, 3.05) is 7.11 Å². The van der Waals surface area contributed by atoms with Crippen molar-refractivity contribution < 1.29 is 4.74 Å². The van der Waals surface area contributed by atoms with Gasteiger partial charge in [-0.05, 0) is 37.1 Å². The average Bonchev–Trinajstić information content (AvgIpc) is 2.77. The molecule has 1 aromatic heterocycles. The first-order valence-electron chi connectivity index (χ1n) is 6.20. The third kappa shape index (κ3) is 2.64. The van der Waals surface area contributed by atoms with Gasteiger partial charge in [-0.2, -0.15) is 0 Å². The number of methoxy groups -OCH3 is 1. The number of benzene rings is 1. The number of hydrogen-bond donors (Lipinski definition) is 1. The molecule has 18 heavy (non-hydrogen) atoms. The van der Waals surface area contributed by atoms with Gasteiger partial charge in [0, 0.05) is 11.8 Å². The Labute approximate surface area is 106 Å². The molecule has 0 bridgehead atoms. The van der Waals surface area contributed by atoms with E-state index in [0.29, 0.717) is 0 Å². The van der Waals surface area contributed by atoms with Crippen LogP contribution < -0.4 is 10.3 Å². The lowest BCUT2D eigenvalue weighted by molar-refractivity contribution is 0.414. The summed E-state index contributed by atoms with van der Waals surface area (Å²) in [6, 6.07) is 9.31. The first-order valence-corrected chi connectivity index (χ1v) is 6.20. The summed E-state index contributed by atoms with van der Waals surface area (Å²) >= 11 is 0. The zero-order valence-corrected chi connectivity index (χ0v) is 10.8. The molecule has 1 heterocycles. The molecule has 96 valence electrons. The summed E-state index contributed by atoms with van der Waals surface area (Å²) in [6.07, 6.45) is 3.09. The van der Waals surface area contributed by atoms with Crippen molar-refractivity contribution in [1.82, 2.24) is 9.78 Å². The zero-order valence-electron chi connectivity index (χ0n) is 10.8. The molecule has 1 N–H and O–H groups in total. The number of nitrogens with one attached hydrogen (secondary N) is 1. The van der Waals surface area contributed by atoms with Gasteiger partial charge in [-0.1, -0.05) is 13.3 Å². The minimum Gasteiger partial charge on any atom is -0.497 e. The molecule has 1 aromatic carbocycles. The van der Waals surface area contributed by atoms with Gasteiger partial charge in [-0.25, -0.2) is 0 Å². The quantitative estimate of drug-likeness (QED) is 0.881. The minimum absolute atomic E-state index is 0.0584. The van der Waals surface area contributed by atoms with E-state index in [9.17, 15) is 4.79 Å². The highest BCUT2D eigenvalue weighted by atomic mass is 16.5. The van der Waals surface area contributed by atoms with Crippen LogP contribution in [0.5, 0.6) is 5.75 Å². The van der Waals surface area contributed by atoms with Crippen LogP contribution in [-0.4, -0.2) is 16.9 Å². The van der Waals surface area contributed by atoms with Crippen molar-refractivity contribution in [3.8, 4) is 11.4 Å². The SMILES string of the molecule is CCCCc1cc(=O)[nH]n1-c1ccc(OC)cc1. The Balaban J connectivity index is 2.33. The molecule has 0 saturated carbocycles. The molecule has 0 unspecified atom stereocenters. The maximum atomic E-state index is 11.5. The number of hydrogen-bond acceptors (Lipinski definition) is 2. The molecule has 0 amide bonds. The van der Waals surface area contributed by atoms with E-state index >= 15 is 0 Å². The molecule has 0 fully saturated rings. The van der Waals surface area contributed by atoms with Gasteiger partial charge in [0.2, 0.25) is 0 Å². The lowest BCUT2D eigenvalue weighted by Crippen LogP contribution is -2.05. The van der Waals surface area contributed by atoms with Gasteiger partial charge in [0.1, 0.15) is 5.75 Å². The number of H-pyrrole nitrogens is 1. The Morgan fingerprint density at radius 2 is 2.00 bits per heavy atom. The highest BCUT2D eigenvalue weighted by Gasteiger charge is 2.06. The maximum absolute atomic E-state index is 11.5. The maximum Gasteiger partial charge on any atom is 0.264 e. The largest absolute Gasteiger partial charge is 0.497 e. The fourth-order valence-corrected chi connectivity index (χ4v) is 1.93. The molecule has 0 aliphatic heterocycles. The first-order chi connectivity index (χ1) is 8.74. The van der Waals surface area contributed by atoms with E-state index in [0.717, 1.165) is 36.4 Å². The van der Waals surface area contributed by atoms with E-state index in [1.165, 1.54) is 0 Å². The fraction of sp³-hybridized carbons (Fsp3) is 0.357. The molecule has 4 heteroatoms. The number of aromatic amines is 1. The molecule has 0 aliphatic carbocycles. The average molecular weight is 246 g/mol. The van der Waals surface area contributed by atoms with Gasteiger partial charge in [0.15, 0.2) is 0 Å². The molecule has 0 radical (unpaired) electrons. The van der Waals surface area contributed by atoms with E-state index in [2.05, 4.69) is 12.0 Å². The monoisotopic (exact) mass is 246 g/mol. The van der Waals surface area contributed by atoms with Gasteiger partial charge in [0.05, 0.1) is 12.8 Å². The van der Waals surface area contributed by atoms with Crippen LogP contribution in [0.4, 0.5) is 0 Å². The first kappa shape index (κ1) is 12.5. The summed E-state index contributed by atoms with van der Waals surface area (Å²) in [5, 5.41) is 2.83. The lowest BCUT2D eigenvalue weighted by atomic mass is 10.2. The van der Waals surface area contributed by atoms with Crippen molar-refractivity contribution in [3.63, 3.8) is 0 Å². The molecular weight excluding hydrogens is 228 g/mol. The van der Waals surface area contributed by atoms with Crippen LogP contribution in [0.15, 0.2) is 35.1 Å². The van der Waals surface area contributed by atoms with E-state index in [4.69, 9.17) is 4.74 Å². The lowest BCUT2D eigenvalue weighted by Gasteiger charge is -2.08. The number of ether oxygens (including phenoxy) is 1. The Kier molecular flexibility index (Phi) is 3.87. The predicted molar refractivity (Wildman–Crippen MR) is 71.6 cm³/mol. The van der Waals surface area contributed by atoms with Crippen molar-refractivity contribution in [2.45, 2.75) is 26.2 Å². The number of unbranched alkanes of at least 4 members (excludes halogenated alkanes) is 1. The topological polar surface area (TPSA) is 47.0 Å². The zero-order chi connectivity index (χ0) is 13.0. The van der Waals surface area contributed by atoms with Crippen molar-refractivity contribution in [1.29, 1.82) is 0 Å². The van der Waals surface area contributed by atoms with Crippen LogP contribution >= 0.6 is 0 Å². The molecule has 4 nitrogen and oxygen atoms in total. The van der Waals surface area contributed by atoms with Crippen LogP contribution in [-0.2, 0) is 6.42 Å². The van der Waals surface area contributed by atoms with E-state index in [1.807, 2.05) is 28.9 Å². The molecule has 0 saturated heterocycles. The molecule has 0 spiro atoms. The number of nitrogens with zero attached hydrogens (tertiary/aromatic N) is 1. The number of rotatable bonds is 5. The van der Waals surface area contributed by atoms with Gasteiger partial charge >= 0.3 is 0 Å². The highest BCUT2D eigenvalue weighted by molar-refractivity contribution is 5.37. The van der Waals surface area contributed by atoms with Crippen LogP contribution in [0.1, 0.15) is 25.5 Å². The Morgan fingerprint density at radius 1 is 1.28 bits per heavy atom. The van der Waals surface area contributed by atoms with Gasteiger partial charge in [-0.15, -0.1) is 0 Å². The molecule has 2 rings (SSSR count). The van der Waals surface area contributed by atoms with Crippen molar-refractivity contribution >= 4 is 0 Å². The summed E-state index contributed by atoms with van der Waals surface area (Å²) in [5.41, 5.74) is 1.91. The Hall–Kier alpha value is -1.97. The van der Waals surface area contributed by atoms with Crippen LogP contribution in [0.2, 0.25) is 0 Å². The standard InChI is InChI=1S/C14H18N2O2/c1-3-4-5-12-10-14(17)15-16(12)11-6-8-13(18-2)9-7-11/h6-10H,3-5H2,1-2H3,(H,15,17). The molecule has 0 atom stereocenters. The van der Waals surface area contributed by atoms with Gasteiger partial charge in [-0.3, -0.25) is 14.6 Å². The summed E-state index contributed by atoms with van der Waals surface area (Å²) in [4.78, 5) is 11.5. The minimum atomic E-state index is -0.0584. The van der Waals surface area contributed by atoms with E-state index in [-0.39, 0.29) is 5.56 Å². The Morgan fingerprint density at radius 3 is 2.61 bits per heavy atom. The van der Waals surface area contributed by atoms with Crippen LogP contribution in [0.25, 0.3) is 5.69 Å². The van der Waals surface area contributed by atoms with Gasteiger partial charge < -0.3 is 4.74 Å². The predicted octanol–water partition coefficient (Wildman–Crippen LogP) is 2.52. The second-order valence-electron chi connectivity index (χ2n) is 4.25. The highest BCUT2D eigenvalue weighted by Crippen LogP contribution is 2.16. The molecule has 2 aromatic rings. The van der Waals surface area contributed by atoms with Crippen LogP contribution in [0.3, 0.4) is 0 Å². The van der Waals surface area contributed by atoms with Crippen LogP contribution in [0, 0.1) is 0 Å². The smallest absolute Gasteiger partial charge is 0.264 e. The molecular formula is C14H18N2O2. The van der Waals surface area contributed by atoms with E-state index in [1.54, 1.807) is 13.2 Å². The second-order valence-corrected chi connectivity index (χ2v) is 4.25. The van der Waals surface area contributed by atoms with Crippen molar-refractivity contribution in [2.24, 2.45) is 0 Å². The third-order valence-electron chi connectivity index (χ3n) is 2.92. The third-order valence-corrected chi connectivity index (χ3v) is 2.92. The summed E-state index contributed by atoms with van der Waals surface area (Å²) in [5.74, 6) is 0.809. The van der Waals surface area contributed by atoms with Gasteiger partial charge in [0.25, 0.3) is 5.56 Å². The summed E-state index contributed by atoms with van der Waals surface area (Å²) in [7, 11) is 1.64. The summed E-state index contributed by atoms with van der Waals surface area (Å²) in [6.45, 7) is 2.14. The Bertz CT molecular complexity index is 552. The van der Waals surface area contributed by atoms with E-state index < -0.39 is 0 Å². The summed E-state index contributed by atoms with van der Waals surface area (Å²) < 4.78 is 6.97. The number of aromatic nitrogens is 2. The number of aryl methyl sites for hydroxylation is 1. The van der Waals surface area contributed by atoms with Crippen molar-refractivity contribution in [3.05, 3.63) is 46.4 Å². The fourth-order valence-electron chi connectivity index (χ4n) is 1.93. The molecule has 0 aliphatic rings. The normalized spacial score (nSPS) is 10.6. The second kappa shape index (κ2) is 5.58.